The van der Waals surface area contributed by atoms with Crippen molar-refractivity contribution in [2.45, 2.75) is 33.6 Å². The van der Waals surface area contributed by atoms with E-state index in [1.165, 1.54) is 16.0 Å². The van der Waals surface area contributed by atoms with Crippen LogP contribution >= 0.6 is 11.3 Å². The van der Waals surface area contributed by atoms with Crippen LogP contribution in [-0.2, 0) is 4.79 Å². The van der Waals surface area contributed by atoms with E-state index in [1.54, 1.807) is 11.3 Å². The van der Waals surface area contributed by atoms with Crippen LogP contribution in [0.1, 0.15) is 37.1 Å². The lowest BCUT2D eigenvalue weighted by Gasteiger charge is -2.28. The van der Waals surface area contributed by atoms with E-state index < -0.39 is 0 Å². The molecule has 0 aliphatic heterocycles. The predicted octanol–water partition coefficient (Wildman–Crippen LogP) is 3.83. The van der Waals surface area contributed by atoms with Gasteiger partial charge in [0.2, 0.25) is 0 Å². The zero-order valence-corrected chi connectivity index (χ0v) is 10.3. The lowest BCUT2D eigenvalue weighted by Crippen LogP contribution is -2.21. The molecule has 0 saturated carbocycles. The molecule has 0 N–H and O–H groups in total. The Morgan fingerprint density at radius 2 is 2.07 bits per heavy atom. The van der Waals surface area contributed by atoms with Crippen molar-refractivity contribution >= 4 is 22.7 Å². The van der Waals surface area contributed by atoms with E-state index in [1.807, 2.05) is 6.08 Å². The molecule has 0 amide bonds. The Morgan fingerprint density at radius 3 is 2.60 bits per heavy atom. The van der Waals surface area contributed by atoms with Gasteiger partial charge in [0.15, 0.2) is 5.78 Å². The van der Waals surface area contributed by atoms with Gasteiger partial charge < -0.3 is 0 Å². The number of carbonyl (C=O) groups is 1. The number of carbonyl (C=O) groups excluding carboxylic acids is 1. The molecule has 0 spiro atoms. The highest BCUT2D eigenvalue weighted by atomic mass is 32.1. The smallest absolute Gasteiger partial charge is 0.156 e. The first-order valence-electron chi connectivity index (χ1n) is 5.25. The number of hydrogen-bond acceptors (Lipinski definition) is 2. The molecule has 2 rings (SSSR count). The normalized spacial score (nSPS) is 20.2. The highest BCUT2D eigenvalue weighted by molar-refractivity contribution is 7.10. The largest absolute Gasteiger partial charge is 0.295 e. The molecule has 0 atom stereocenters. The second kappa shape index (κ2) is 3.60. The molecule has 80 valence electrons. The molecule has 0 bridgehead atoms. The van der Waals surface area contributed by atoms with Gasteiger partial charge in [0.25, 0.3) is 0 Å². The van der Waals surface area contributed by atoms with Crippen LogP contribution in [0.4, 0.5) is 0 Å². The van der Waals surface area contributed by atoms with Crippen molar-refractivity contribution in [3.8, 4) is 0 Å². The number of thiophene rings is 1. The molecule has 2 heteroatoms. The average Bonchev–Trinajstić information content (AvgIpc) is 2.48. The minimum Gasteiger partial charge on any atom is -0.295 e. The number of aryl methyl sites for hydroxylation is 1. The Bertz CT molecular complexity index is 423. The van der Waals surface area contributed by atoms with Gasteiger partial charge in [-0.2, -0.15) is 0 Å². The van der Waals surface area contributed by atoms with Crippen LogP contribution < -0.4 is 0 Å². The van der Waals surface area contributed by atoms with Gasteiger partial charge in [0.05, 0.1) is 0 Å². The Kier molecular flexibility index (Phi) is 2.55. The van der Waals surface area contributed by atoms with Gasteiger partial charge in [-0.05, 0) is 47.4 Å². The molecular formula is C13H16OS. The molecule has 15 heavy (non-hydrogen) atoms. The highest BCUT2D eigenvalue weighted by Gasteiger charge is 2.28. The fraction of sp³-hybridized carbons (Fsp3) is 0.462. The van der Waals surface area contributed by atoms with Crippen LogP contribution in [0.25, 0.3) is 5.57 Å². The summed E-state index contributed by atoms with van der Waals surface area (Å²) in [6, 6.07) is 2.17. The maximum absolute atomic E-state index is 11.6. The van der Waals surface area contributed by atoms with Crippen molar-refractivity contribution in [1.82, 2.24) is 0 Å². The average molecular weight is 220 g/mol. The van der Waals surface area contributed by atoms with Crippen LogP contribution in [0, 0.1) is 12.3 Å². The molecule has 0 radical (unpaired) electrons. The van der Waals surface area contributed by atoms with E-state index in [-0.39, 0.29) is 11.2 Å². The molecule has 0 unspecified atom stereocenters. The molecule has 0 aromatic carbocycles. The summed E-state index contributed by atoms with van der Waals surface area (Å²) >= 11 is 1.75. The first-order valence-corrected chi connectivity index (χ1v) is 6.13. The molecular weight excluding hydrogens is 204 g/mol. The monoisotopic (exact) mass is 220 g/mol. The maximum Gasteiger partial charge on any atom is 0.156 e. The van der Waals surface area contributed by atoms with Gasteiger partial charge in [-0.15, -0.1) is 11.3 Å². The van der Waals surface area contributed by atoms with Gasteiger partial charge in [-0.25, -0.2) is 0 Å². The number of ketones is 1. The van der Waals surface area contributed by atoms with Crippen LogP contribution in [-0.4, -0.2) is 5.78 Å². The van der Waals surface area contributed by atoms with E-state index >= 15 is 0 Å². The summed E-state index contributed by atoms with van der Waals surface area (Å²) in [5, 5.41) is 2.15. The van der Waals surface area contributed by atoms with Crippen molar-refractivity contribution in [2.75, 3.05) is 0 Å². The zero-order valence-electron chi connectivity index (χ0n) is 9.46. The third-order valence-electron chi connectivity index (χ3n) is 2.76. The molecule has 1 aliphatic carbocycles. The molecule has 1 nitrogen and oxygen atoms in total. The molecule has 1 aliphatic rings. The quantitative estimate of drug-likeness (QED) is 0.703. The third kappa shape index (κ3) is 2.37. The summed E-state index contributed by atoms with van der Waals surface area (Å²) in [6.45, 7) is 6.43. The van der Waals surface area contributed by atoms with Crippen LogP contribution in [0.2, 0.25) is 0 Å². The Morgan fingerprint density at radius 1 is 1.33 bits per heavy atom. The second-order valence-corrected chi connectivity index (χ2v) is 6.22. The first-order chi connectivity index (χ1) is 6.96. The van der Waals surface area contributed by atoms with Crippen LogP contribution in [0.15, 0.2) is 17.5 Å². The molecule has 0 fully saturated rings. The molecule has 1 aromatic heterocycles. The van der Waals surface area contributed by atoms with Gasteiger partial charge in [0.1, 0.15) is 0 Å². The molecule has 1 heterocycles. The van der Waals surface area contributed by atoms with Crippen LogP contribution in [0.3, 0.4) is 0 Å². The summed E-state index contributed by atoms with van der Waals surface area (Å²) in [7, 11) is 0. The van der Waals surface area contributed by atoms with Gasteiger partial charge >= 0.3 is 0 Å². The van der Waals surface area contributed by atoms with E-state index in [4.69, 9.17) is 0 Å². The second-order valence-electron chi connectivity index (χ2n) is 5.10. The molecule has 1 aromatic rings. The fourth-order valence-corrected chi connectivity index (χ4v) is 2.87. The maximum atomic E-state index is 11.6. The minimum atomic E-state index is 0.122. The van der Waals surface area contributed by atoms with E-state index in [0.29, 0.717) is 6.42 Å². The van der Waals surface area contributed by atoms with Crippen LogP contribution in [0.5, 0.6) is 0 Å². The van der Waals surface area contributed by atoms with Gasteiger partial charge in [-0.3, -0.25) is 4.79 Å². The van der Waals surface area contributed by atoms with E-state index in [9.17, 15) is 4.79 Å². The topological polar surface area (TPSA) is 17.1 Å². The van der Waals surface area contributed by atoms with Crippen molar-refractivity contribution in [1.29, 1.82) is 0 Å². The first kappa shape index (κ1) is 10.6. The number of allylic oxidation sites excluding steroid dienone is 2. The van der Waals surface area contributed by atoms with Crippen molar-refractivity contribution in [3.05, 3.63) is 28.0 Å². The Balaban J connectivity index is 2.34. The Labute approximate surface area is 94.8 Å². The Hall–Kier alpha value is -0.890. The third-order valence-corrected chi connectivity index (χ3v) is 3.62. The lowest BCUT2D eigenvalue weighted by molar-refractivity contribution is -0.116. The number of hydrogen-bond donors (Lipinski definition) is 0. The highest BCUT2D eigenvalue weighted by Crippen LogP contribution is 2.38. The summed E-state index contributed by atoms with van der Waals surface area (Å²) in [4.78, 5) is 12.9. The summed E-state index contributed by atoms with van der Waals surface area (Å²) in [5.41, 5.74) is 2.57. The predicted molar refractivity (Wildman–Crippen MR) is 65.1 cm³/mol. The van der Waals surface area contributed by atoms with E-state index in [2.05, 4.69) is 32.2 Å². The summed E-state index contributed by atoms with van der Waals surface area (Å²) in [6.07, 6.45) is 3.52. The SMILES string of the molecule is Cc1cc(C2=CC(=O)CC(C)(C)C2)cs1. The molecule has 0 saturated heterocycles. The minimum absolute atomic E-state index is 0.122. The zero-order chi connectivity index (χ0) is 11.1. The van der Waals surface area contributed by atoms with E-state index in [0.717, 1.165) is 6.42 Å². The standard InChI is InChI=1S/C13H16OS/c1-9-4-11(8-15-9)10-5-12(14)7-13(2,3)6-10/h4-5,8H,6-7H2,1-3H3. The summed E-state index contributed by atoms with van der Waals surface area (Å²) in [5.74, 6) is 0.269. The fourth-order valence-electron chi connectivity index (χ4n) is 2.14. The number of rotatable bonds is 1. The van der Waals surface area contributed by atoms with Gasteiger partial charge in [0, 0.05) is 11.3 Å². The van der Waals surface area contributed by atoms with Crippen molar-refractivity contribution < 1.29 is 4.79 Å². The van der Waals surface area contributed by atoms with Gasteiger partial charge in [-0.1, -0.05) is 13.8 Å². The van der Waals surface area contributed by atoms with Crippen molar-refractivity contribution in [3.63, 3.8) is 0 Å². The summed E-state index contributed by atoms with van der Waals surface area (Å²) < 4.78 is 0. The van der Waals surface area contributed by atoms with Crippen molar-refractivity contribution in [2.24, 2.45) is 5.41 Å². The lowest BCUT2D eigenvalue weighted by atomic mass is 9.75.